The molecule has 0 atom stereocenters. The van der Waals surface area contributed by atoms with E-state index in [-0.39, 0.29) is 5.56 Å². The summed E-state index contributed by atoms with van der Waals surface area (Å²) in [6.07, 6.45) is 1.95. The van der Waals surface area contributed by atoms with Gasteiger partial charge in [0.1, 0.15) is 11.6 Å². The number of benzene rings is 2. The van der Waals surface area contributed by atoms with Gasteiger partial charge < -0.3 is 0 Å². The highest BCUT2D eigenvalue weighted by Gasteiger charge is 2.19. The number of aryl methyl sites for hydroxylation is 1. The van der Waals surface area contributed by atoms with Gasteiger partial charge in [0.05, 0.1) is 11.4 Å². The predicted molar refractivity (Wildman–Crippen MR) is 102 cm³/mol. The zero-order chi connectivity index (χ0) is 19.0. The average molecular weight is 363 g/mol. The third-order valence-corrected chi connectivity index (χ3v) is 4.75. The van der Waals surface area contributed by atoms with Crippen LogP contribution in [0.2, 0.25) is 0 Å². The summed E-state index contributed by atoms with van der Waals surface area (Å²) >= 11 is 0. The Labute approximate surface area is 157 Å². The quantitative estimate of drug-likeness (QED) is 0.666. The van der Waals surface area contributed by atoms with Gasteiger partial charge in [-0.15, -0.1) is 0 Å². The van der Waals surface area contributed by atoms with Gasteiger partial charge in [0.2, 0.25) is 0 Å². The van der Waals surface area contributed by atoms with Crippen LogP contribution in [0.5, 0.6) is 0 Å². The number of hydrogen-bond acceptors (Lipinski definition) is 3. The molecule has 2 heterocycles. The summed E-state index contributed by atoms with van der Waals surface area (Å²) in [6.45, 7) is 3.26. The van der Waals surface area contributed by atoms with Crippen LogP contribution in [-0.4, -0.2) is 28.7 Å². The SMILES string of the molecule is Cc1ccc(-c2ccc3c(c2)CN(C)CC=C3c2cc(F)ccc2F)nn1. The van der Waals surface area contributed by atoms with Crippen molar-refractivity contribution in [3.05, 3.63) is 88.6 Å². The Hall–Kier alpha value is -2.92. The molecule has 0 N–H and O–H groups in total. The Morgan fingerprint density at radius 1 is 0.926 bits per heavy atom. The molecule has 3 nitrogen and oxygen atoms in total. The molecule has 0 saturated carbocycles. The second kappa shape index (κ2) is 7.00. The smallest absolute Gasteiger partial charge is 0.131 e. The van der Waals surface area contributed by atoms with Gasteiger partial charge in [0.25, 0.3) is 0 Å². The first-order valence-corrected chi connectivity index (χ1v) is 8.79. The molecule has 3 aromatic rings. The first-order valence-electron chi connectivity index (χ1n) is 8.79. The number of aromatic nitrogens is 2. The van der Waals surface area contributed by atoms with Gasteiger partial charge in [-0.25, -0.2) is 8.78 Å². The first-order chi connectivity index (χ1) is 13.0. The van der Waals surface area contributed by atoms with Crippen molar-refractivity contribution in [2.24, 2.45) is 0 Å². The highest BCUT2D eigenvalue weighted by atomic mass is 19.1. The van der Waals surface area contributed by atoms with Crippen LogP contribution in [0.3, 0.4) is 0 Å². The Kier molecular flexibility index (Phi) is 4.54. The van der Waals surface area contributed by atoms with Crippen molar-refractivity contribution in [1.29, 1.82) is 0 Å². The molecule has 5 heteroatoms. The molecule has 0 fully saturated rings. The van der Waals surface area contributed by atoms with Crippen molar-refractivity contribution in [3.8, 4) is 11.3 Å². The van der Waals surface area contributed by atoms with Gasteiger partial charge in [-0.3, -0.25) is 4.90 Å². The molecular weight excluding hydrogens is 344 g/mol. The van der Waals surface area contributed by atoms with Crippen molar-refractivity contribution in [1.82, 2.24) is 15.1 Å². The largest absolute Gasteiger partial charge is 0.298 e. The third-order valence-electron chi connectivity index (χ3n) is 4.75. The molecule has 0 bridgehead atoms. The van der Waals surface area contributed by atoms with Gasteiger partial charge in [-0.1, -0.05) is 18.2 Å². The van der Waals surface area contributed by atoms with E-state index in [1.807, 2.05) is 44.3 Å². The first kappa shape index (κ1) is 17.5. The number of halogens is 2. The maximum Gasteiger partial charge on any atom is 0.131 e. The third kappa shape index (κ3) is 3.51. The van der Waals surface area contributed by atoms with Crippen molar-refractivity contribution in [3.63, 3.8) is 0 Å². The highest BCUT2D eigenvalue weighted by Crippen LogP contribution is 2.33. The summed E-state index contributed by atoms with van der Waals surface area (Å²) in [7, 11) is 2.00. The normalized spacial score (nSPS) is 14.4. The molecule has 0 spiro atoms. The lowest BCUT2D eigenvalue weighted by atomic mass is 9.92. The molecule has 1 aliphatic rings. The molecule has 1 aromatic heterocycles. The summed E-state index contributed by atoms with van der Waals surface area (Å²) in [5, 5.41) is 8.38. The number of hydrogen-bond donors (Lipinski definition) is 0. The highest BCUT2D eigenvalue weighted by molar-refractivity contribution is 5.83. The molecule has 27 heavy (non-hydrogen) atoms. The molecular formula is C22H19F2N3. The lowest BCUT2D eigenvalue weighted by Crippen LogP contribution is -2.16. The molecule has 0 saturated heterocycles. The Morgan fingerprint density at radius 3 is 2.56 bits per heavy atom. The van der Waals surface area contributed by atoms with E-state index >= 15 is 0 Å². The molecule has 0 amide bonds. The Bertz CT molecular complexity index is 1030. The van der Waals surface area contributed by atoms with E-state index in [0.29, 0.717) is 18.7 Å². The van der Waals surface area contributed by atoms with Gasteiger partial charge in [0.15, 0.2) is 0 Å². The number of fused-ring (bicyclic) bond motifs is 1. The number of rotatable bonds is 2. The van der Waals surface area contributed by atoms with Crippen LogP contribution in [0.1, 0.15) is 22.4 Å². The number of nitrogens with zero attached hydrogens (tertiary/aromatic N) is 3. The fourth-order valence-corrected chi connectivity index (χ4v) is 3.37. The minimum Gasteiger partial charge on any atom is -0.298 e. The monoisotopic (exact) mass is 363 g/mol. The minimum absolute atomic E-state index is 0.287. The fraction of sp³-hybridized carbons (Fsp3) is 0.182. The Morgan fingerprint density at radius 2 is 1.78 bits per heavy atom. The van der Waals surface area contributed by atoms with Gasteiger partial charge in [-0.05, 0) is 67.1 Å². The van der Waals surface area contributed by atoms with Crippen LogP contribution >= 0.6 is 0 Å². The number of likely N-dealkylation sites (N-methyl/N-ethyl adjacent to an activating group) is 1. The van der Waals surface area contributed by atoms with Crippen molar-refractivity contribution >= 4 is 5.57 Å². The average Bonchev–Trinajstić information content (AvgIpc) is 2.82. The summed E-state index contributed by atoms with van der Waals surface area (Å²) in [5.74, 6) is -0.871. The topological polar surface area (TPSA) is 29.0 Å². The second-order valence-corrected chi connectivity index (χ2v) is 6.87. The molecule has 4 rings (SSSR count). The van der Waals surface area contributed by atoms with Crippen LogP contribution in [0.25, 0.3) is 16.8 Å². The van der Waals surface area contributed by atoms with Crippen LogP contribution in [0, 0.1) is 18.6 Å². The van der Waals surface area contributed by atoms with E-state index < -0.39 is 11.6 Å². The second-order valence-electron chi connectivity index (χ2n) is 6.87. The lowest BCUT2D eigenvalue weighted by molar-refractivity contribution is 0.366. The summed E-state index contributed by atoms with van der Waals surface area (Å²) in [6, 6.07) is 13.4. The Balaban J connectivity index is 1.84. The van der Waals surface area contributed by atoms with Crippen molar-refractivity contribution in [2.75, 3.05) is 13.6 Å². The van der Waals surface area contributed by atoms with Gasteiger partial charge in [-0.2, -0.15) is 10.2 Å². The molecule has 2 aromatic carbocycles. The van der Waals surface area contributed by atoms with E-state index in [0.717, 1.165) is 34.1 Å². The lowest BCUT2D eigenvalue weighted by Gasteiger charge is -2.15. The molecule has 0 radical (unpaired) electrons. The minimum atomic E-state index is -0.446. The fourth-order valence-electron chi connectivity index (χ4n) is 3.37. The van der Waals surface area contributed by atoms with Crippen LogP contribution in [0.4, 0.5) is 8.78 Å². The predicted octanol–water partition coefficient (Wildman–Crippen LogP) is 4.61. The van der Waals surface area contributed by atoms with Crippen molar-refractivity contribution < 1.29 is 8.78 Å². The maximum absolute atomic E-state index is 14.4. The molecule has 0 unspecified atom stereocenters. The van der Waals surface area contributed by atoms with Crippen LogP contribution in [0.15, 0.2) is 54.6 Å². The molecule has 136 valence electrons. The van der Waals surface area contributed by atoms with Crippen LogP contribution in [-0.2, 0) is 6.54 Å². The van der Waals surface area contributed by atoms with E-state index in [2.05, 4.69) is 21.2 Å². The molecule has 1 aliphatic heterocycles. The summed E-state index contributed by atoms with van der Waals surface area (Å²) in [5.41, 5.74) is 5.56. The zero-order valence-electron chi connectivity index (χ0n) is 15.2. The van der Waals surface area contributed by atoms with E-state index in [9.17, 15) is 8.78 Å². The van der Waals surface area contributed by atoms with Gasteiger partial charge in [0, 0.05) is 24.2 Å². The maximum atomic E-state index is 14.4. The van der Waals surface area contributed by atoms with E-state index in [1.165, 1.54) is 12.1 Å². The van der Waals surface area contributed by atoms with Gasteiger partial charge >= 0.3 is 0 Å². The van der Waals surface area contributed by atoms with Crippen LogP contribution < -0.4 is 0 Å². The van der Waals surface area contributed by atoms with E-state index in [4.69, 9.17) is 0 Å². The molecule has 0 aliphatic carbocycles. The summed E-state index contributed by atoms with van der Waals surface area (Å²) < 4.78 is 28.2. The summed E-state index contributed by atoms with van der Waals surface area (Å²) in [4.78, 5) is 2.13. The van der Waals surface area contributed by atoms with E-state index in [1.54, 1.807) is 0 Å². The standard InChI is InChI=1S/C22H19F2N3/c1-14-3-8-22(26-25-14)15-4-6-18-16(11-15)13-27(2)10-9-19(18)20-12-17(23)5-7-21(20)24/h3-9,11-12H,10,13H2,1-2H3. The van der Waals surface area contributed by atoms with Crippen molar-refractivity contribution in [2.45, 2.75) is 13.5 Å². The zero-order valence-corrected chi connectivity index (χ0v) is 15.2.